The quantitative estimate of drug-likeness (QED) is 0.775. The molecule has 0 saturated carbocycles. The number of H-pyrrole nitrogens is 1. The van der Waals surface area contributed by atoms with Crippen LogP contribution in [0.2, 0.25) is 0 Å². The first-order chi connectivity index (χ1) is 9.42. The molecular formula is C15H13N3O. The van der Waals surface area contributed by atoms with Gasteiger partial charge in [-0.3, -0.25) is 5.10 Å². The predicted octanol–water partition coefficient (Wildman–Crippen LogP) is 3.05. The average Bonchev–Trinajstić information content (AvgIpc) is 2.96. The van der Waals surface area contributed by atoms with Crippen molar-refractivity contribution in [2.45, 2.75) is 6.61 Å². The van der Waals surface area contributed by atoms with E-state index >= 15 is 0 Å². The van der Waals surface area contributed by atoms with Crippen LogP contribution in [0.25, 0.3) is 11.4 Å². The van der Waals surface area contributed by atoms with Crippen molar-refractivity contribution in [3.63, 3.8) is 0 Å². The molecule has 0 aliphatic rings. The Balaban J connectivity index is 1.69. The molecule has 4 nitrogen and oxygen atoms in total. The summed E-state index contributed by atoms with van der Waals surface area (Å²) in [7, 11) is 0. The molecule has 3 rings (SSSR count). The van der Waals surface area contributed by atoms with Crippen LogP contribution in [-0.2, 0) is 6.61 Å². The van der Waals surface area contributed by atoms with E-state index in [4.69, 9.17) is 4.74 Å². The Morgan fingerprint density at radius 3 is 2.32 bits per heavy atom. The Kier molecular flexibility index (Phi) is 3.23. The van der Waals surface area contributed by atoms with E-state index < -0.39 is 0 Å². The summed E-state index contributed by atoms with van der Waals surface area (Å²) >= 11 is 0. The third-order valence-electron chi connectivity index (χ3n) is 2.68. The molecule has 0 bridgehead atoms. The van der Waals surface area contributed by atoms with Gasteiger partial charge in [0.05, 0.1) is 0 Å². The molecule has 1 N–H and O–H groups in total. The van der Waals surface area contributed by atoms with Crippen molar-refractivity contribution in [2.75, 3.05) is 0 Å². The highest BCUT2D eigenvalue weighted by molar-refractivity contribution is 5.53. The lowest BCUT2D eigenvalue weighted by Gasteiger charge is -2.02. The minimum atomic E-state index is 0.379. The SMILES string of the molecule is c1ccc(OCc2nc(-c3ccccc3)n[nH]2)cc1. The second kappa shape index (κ2) is 5.35. The lowest BCUT2D eigenvalue weighted by molar-refractivity contribution is 0.296. The number of aromatic nitrogens is 3. The van der Waals surface area contributed by atoms with E-state index in [-0.39, 0.29) is 0 Å². The molecular weight excluding hydrogens is 238 g/mol. The van der Waals surface area contributed by atoms with Crippen LogP contribution in [0.3, 0.4) is 0 Å². The van der Waals surface area contributed by atoms with Gasteiger partial charge in [0.1, 0.15) is 12.4 Å². The van der Waals surface area contributed by atoms with Crippen molar-refractivity contribution in [2.24, 2.45) is 0 Å². The minimum Gasteiger partial charge on any atom is -0.486 e. The molecule has 0 unspecified atom stereocenters. The molecule has 4 heteroatoms. The van der Waals surface area contributed by atoms with Gasteiger partial charge in [-0.25, -0.2) is 4.98 Å². The van der Waals surface area contributed by atoms with Crippen LogP contribution in [0.15, 0.2) is 60.7 Å². The van der Waals surface area contributed by atoms with E-state index in [1.54, 1.807) is 0 Å². The van der Waals surface area contributed by atoms with Crippen LogP contribution < -0.4 is 4.74 Å². The van der Waals surface area contributed by atoms with Crippen molar-refractivity contribution >= 4 is 0 Å². The Morgan fingerprint density at radius 2 is 1.58 bits per heavy atom. The Hall–Kier alpha value is -2.62. The van der Waals surface area contributed by atoms with Crippen molar-refractivity contribution in [3.05, 3.63) is 66.5 Å². The maximum absolute atomic E-state index is 5.61. The first-order valence-electron chi connectivity index (χ1n) is 6.06. The van der Waals surface area contributed by atoms with Gasteiger partial charge < -0.3 is 4.74 Å². The highest BCUT2D eigenvalue weighted by Crippen LogP contribution is 2.14. The van der Waals surface area contributed by atoms with E-state index in [9.17, 15) is 0 Å². The normalized spacial score (nSPS) is 10.3. The van der Waals surface area contributed by atoms with E-state index in [0.29, 0.717) is 18.3 Å². The summed E-state index contributed by atoms with van der Waals surface area (Å²) in [5.41, 5.74) is 0.990. The first kappa shape index (κ1) is 11.5. The second-order valence-electron chi connectivity index (χ2n) is 4.07. The zero-order chi connectivity index (χ0) is 12.9. The van der Waals surface area contributed by atoms with Gasteiger partial charge in [-0.1, -0.05) is 48.5 Å². The minimum absolute atomic E-state index is 0.379. The van der Waals surface area contributed by atoms with Crippen LogP contribution in [-0.4, -0.2) is 15.2 Å². The largest absolute Gasteiger partial charge is 0.486 e. The van der Waals surface area contributed by atoms with Gasteiger partial charge >= 0.3 is 0 Å². The lowest BCUT2D eigenvalue weighted by Crippen LogP contribution is -1.97. The van der Waals surface area contributed by atoms with E-state index in [0.717, 1.165) is 11.3 Å². The molecule has 0 spiro atoms. The average molecular weight is 251 g/mol. The molecule has 0 aliphatic carbocycles. The number of para-hydroxylation sites is 1. The maximum Gasteiger partial charge on any atom is 0.181 e. The summed E-state index contributed by atoms with van der Waals surface area (Å²) in [4.78, 5) is 4.40. The Labute approximate surface area is 111 Å². The fourth-order valence-electron chi connectivity index (χ4n) is 1.74. The number of nitrogens with one attached hydrogen (secondary N) is 1. The van der Waals surface area contributed by atoms with Gasteiger partial charge in [-0.15, -0.1) is 0 Å². The number of ether oxygens (including phenoxy) is 1. The monoisotopic (exact) mass is 251 g/mol. The smallest absolute Gasteiger partial charge is 0.181 e. The van der Waals surface area contributed by atoms with Crippen molar-refractivity contribution in [1.29, 1.82) is 0 Å². The number of nitrogens with zero attached hydrogens (tertiary/aromatic N) is 2. The summed E-state index contributed by atoms with van der Waals surface area (Å²) in [5, 5.41) is 7.07. The third-order valence-corrected chi connectivity index (χ3v) is 2.68. The summed E-state index contributed by atoms with van der Waals surface area (Å²) < 4.78 is 5.61. The van der Waals surface area contributed by atoms with Gasteiger partial charge in [-0.05, 0) is 12.1 Å². The number of hydrogen-bond acceptors (Lipinski definition) is 3. The summed E-state index contributed by atoms with van der Waals surface area (Å²) in [6.45, 7) is 0.379. The van der Waals surface area contributed by atoms with Crippen molar-refractivity contribution < 1.29 is 4.74 Å². The van der Waals surface area contributed by atoms with E-state index in [2.05, 4.69) is 15.2 Å². The molecule has 0 fully saturated rings. The maximum atomic E-state index is 5.61. The predicted molar refractivity (Wildman–Crippen MR) is 72.6 cm³/mol. The molecule has 0 radical (unpaired) electrons. The number of hydrogen-bond donors (Lipinski definition) is 1. The molecule has 3 aromatic rings. The summed E-state index contributed by atoms with van der Waals surface area (Å²) in [6.07, 6.45) is 0. The lowest BCUT2D eigenvalue weighted by atomic mass is 10.2. The third kappa shape index (κ3) is 2.80. The molecule has 2 aromatic carbocycles. The van der Waals surface area contributed by atoms with Crippen LogP contribution >= 0.6 is 0 Å². The fraction of sp³-hybridized carbons (Fsp3) is 0.0667. The highest BCUT2D eigenvalue weighted by atomic mass is 16.5. The summed E-state index contributed by atoms with van der Waals surface area (Å²) in [6, 6.07) is 19.5. The number of benzene rings is 2. The molecule has 1 aromatic heterocycles. The second-order valence-corrected chi connectivity index (χ2v) is 4.07. The van der Waals surface area contributed by atoms with Gasteiger partial charge in [0.25, 0.3) is 0 Å². The van der Waals surface area contributed by atoms with Gasteiger partial charge in [-0.2, -0.15) is 5.10 Å². The van der Waals surface area contributed by atoms with Gasteiger partial charge in [0, 0.05) is 5.56 Å². The van der Waals surface area contributed by atoms with Crippen molar-refractivity contribution in [1.82, 2.24) is 15.2 Å². The molecule has 0 atom stereocenters. The molecule has 94 valence electrons. The molecule has 0 saturated heterocycles. The van der Waals surface area contributed by atoms with Crippen LogP contribution in [0, 0.1) is 0 Å². The summed E-state index contributed by atoms with van der Waals surface area (Å²) in [5.74, 6) is 2.22. The highest BCUT2D eigenvalue weighted by Gasteiger charge is 2.05. The molecule has 0 aliphatic heterocycles. The molecule has 0 amide bonds. The topological polar surface area (TPSA) is 50.8 Å². The van der Waals surface area contributed by atoms with E-state index in [1.165, 1.54) is 0 Å². The van der Waals surface area contributed by atoms with Crippen LogP contribution in [0.5, 0.6) is 5.75 Å². The first-order valence-corrected chi connectivity index (χ1v) is 6.06. The van der Waals surface area contributed by atoms with Gasteiger partial charge in [0.15, 0.2) is 11.6 Å². The van der Waals surface area contributed by atoms with Crippen LogP contribution in [0.1, 0.15) is 5.82 Å². The number of aromatic amines is 1. The van der Waals surface area contributed by atoms with E-state index in [1.807, 2.05) is 60.7 Å². The zero-order valence-corrected chi connectivity index (χ0v) is 10.3. The zero-order valence-electron chi connectivity index (χ0n) is 10.3. The molecule has 1 heterocycles. The Bertz CT molecular complexity index is 635. The standard InChI is InChI=1S/C15H13N3O/c1-3-7-12(8-4-1)15-16-14(17-18-15)11-19-13-9-5-2-6-10-13/h1-10H,11H2,(H,16,17,18). The Morgan fingerprint density at radius 1 is 0.895 bits per heavy atom. The number of rotatable bonds is 4. The molecule has 19 heavy (non-hydrogen) atoms. The van der Waals surface area contributed by atoms with Crippen LogP contribution in [0.4, 0.5) is 0 Å². The fourth-order valence-corrected chi connectivity index (χ4v) is 1.74. The van der Waals surface area contributed by atoms with Crippen molar-refractivity contribution in [3.8, 4) is 17.1 Å². The van der Waals surface area contributed by atoms with Gasteiger partial charge in [0.2, 0.25) is 0 Å².